The Labute approximate surface area is 119 Å². The van der Waals surface area contributed by atoms with E-state index >= 15 is 0 Å². The van der Waals surface area contributed by atoms with Gasteiger partial charge in [0.15, 0.2) is 5.54 Å². The zero-order valence-corrected chi connectivity index (χ0v) is 11.8. The largest absolute Gasteiger partial charge is 0.479 e. The molecule has 1 heterocycles. The smallest absolute Gasteiger partial charge is 0.381 e. The summed E-state index contributed by atoms with van der Waals surface area (Å²) in [4.78, 5) is 36.6. The number of imidazole rings is 1. The predicted octanol–water partition coefficient (Wildman–Crippen LogP) is -0.294. The minimum atomic E-state index is -1.58. The Bertz CT molecular complexity index is 569. The second kappa shape index (κ2) is 6.31. The molecule has 1 amide bonds. The van der Waals surface area contributed by atoms with E-state index in [9.17, 15) is 19.7 Å². The van der Waals surface area contributed by atoms with Crippen LogP contribution in [-0.4, -0.2) is 50.7 Å². The van der Waals surface area contributed by atoms with Crippen LogP contribution in [0, 0.1) is 17.0 Å². The van der Waals surface area contributed by atoms with Crippen LogP contribution in [0.4, 0.5) is 5.82 Å². The van der Waals surface area contributed by atoms with Crippen molar-refractivity contribution in [3.8, 4) is 0 Å². The maximum absolute atomic E-state index is 11.9. The zero-order chi connectivity index (χ0) is 16.2. The summed E-state index contributed by atoms with van der Waals surface area (Å²) in [6.07, 6.45) is 1.11. The molecular formula is C11H16N4O6. The summed E-state index contributed by atoms with van der Waals surface area (Å²) in [7, 11) is 1.32. The summed E-state index contributed by atoms with van der Waals surface area (Å²) in [5.74, 6) is -1.96. The first kappa shape index (κ1) is 16.6. The SMILES string of the molecule is COCC(C)(NC(=O)Cn1cc([N+](=O)[O-])nc1C)C(=O)O. The molecule has 0 aliphatic rings. The summed E-state index contributed by atoms with van der Waals surface area (Å²) in [5.41, 5.74) is -1.58. The highest BCUT2D eigenvalue weighted by atomic mass is 16.6. The van der Waals surface area contributed by atoms with Gasteiger partial charge in [-0.15, -0.1) is 0 Å². The van der Waals surface area contributed by atoms with Crippen molar-refractivity contribution in [2.45, 2.75) is 25.9 Å². The van der Waals surface area contributed by atoms with Gasteiger partial charge in [0.1, 0.15) is 12.7 Å². The molecule has 0 saturated heterocycles. The third-order valence-corrected chi connectivity index (χ3v) is 2.78. The lowest BCUT2D eigenvalue weighted by Gasteiger charge is -2.25. The summed E-state index contributed by atoms with van der Waals surface area (Å²) in [6, 6.07) is 0. The van der Waals surface area contributed by atoms with E-state index in [0.717, 1.165) is 6.20 Å². The van der Waals surface area contributed by atoms with E-state index in [4.69, 9.17) is 9.84 Å². The summed E-state index contributed by atoms with van der Waals surface area (Å²) in [6.45, 7) is 2.32. The molecule has 0 bridgehead atoms. The molecule has 1 atom stereocenters. The summed E-state index contributed by atoms with van der Waals surface area (Å²) < 4.78 is 6.04. The Morgan fingerprint density at radius 3 is 2.67 bits per heavy atom. The maximum Gasteiger partial charge on any atom is 0.381 e. The number of carboxylic acid groups (broad SMARTS) is 1. The van der Waals surface area contributed by atoms with E-state index in [1.165, 1.54) is 25.5 Å². The molecule has 0 radical (unpaired) electrons. The molecule has 0 spiro atoms. The first-order valence-corrected chi connectivity index (χ1v) is 5.91. The number of carbonyl (C=O) groups excluding carboxylic acids is 1. The molecule has 0 aliphatic carbocycles. The van der Waals surface area contributed by atoms with E-state index in [-0.39, 0.29) is 24.8 Å². The molecule has 0 aliphatic heterocycles. The lowest BCUT2D eigenvalue weighted by atomic mass is 10.0. The number of aromatic nitrogens is 2. The van der Waals surface area contributed by atoms with E-state index in [1.807, 2.05) is 0 Å². The molecule has 21 heavy (non-hydrogen) atoms. The van der Waals surface area contributed by atoms with Crippen LogP contribution in [0.5, 0.6) is 0 Å². The van der Waals surface area contributed by atoms with Crippen molar-refractivity contribution >= 4 is 17.7 Å². The maximum atomic E-state index is 11.9. The van der Waals surface area contributed by atoms with Gasteiger partial charge in [-0.25, -0.2) is 4.79 Å². The van der Waals surface area contributed by atoms with Gasteiger partial charge >= 0.3 is 11.8 Å². The fourth-order valence-electron chi connectivity index (χ4n) is 1.68. The molecule has 1 aromatic heterocycles. The number of hydrogen-bond acceptors (Lipinski definition) is 6. The zero-order valence-electron chi connectivity index (χ0n) is 11.8. The average Bonchev–Trinajstić information content (AvgIpc) is 2.71. The van der Waals surface area contributed by atoms with Gasteiger partial charge < -0.3 is 25.3 Å². The Kier molecular flexibility index (Phi) is 4.97. The Hall–Kier alpha value is -2.49. The highest BCUT2D eigenvalue weighted by molar-refractivity contribution is 5.86. The van der Waals surface area contributed by atoms with Crippen molar-refractivity contribution in [1.29, 1.82) is 0 Å². The van der Waals surface area contributed by atoms with Crippen molar-refractivity contribution < 1.29 is 24.4 Å². The van der Waals surface area contributed by atoms with Gasteiger partial charge in [-0.05, 0) is 16.8 Å². The molecule has 0 fully saturated rings. The number of hydrogen-bond donors (Lipinski definition) is 2. The molecule has 10 nitrogen and oxygen atoms in total. The van der Waals surface area contributed by atoms with Gasteiger partial charge in [0.25, 0.3) is 0 Å². The molecule has 0 aromatic carbocycles. The quantitative estimate of drug-likeness (QED) is 0.521. The van der Waals surface area contributed by atoms with Crippen LogP contribution in [-0.2, 0) is 20.9 Å². The monoisotopic (exact) mass is 300 g/mol. The first-order chi connectivity index (χ1) is 9.69. The number of nitrogens with zero attached hydrogens (tertiary/aromatic N) is 3. The number of carboxylic acids is 1. The van der Waals surface area contributed by atoms with Crippen LogP contribution in [0.1, 0.15) is 12.7 Å². The van der Waals surface area contributed by atoms with Gasteiger partial charge in [0.2, 0.25) is 11.7 Å². The number of ether oxygens (including phenoxy) is 1. The number of aryl methyl sites for hydroxylation is 1. The molecule has 1 unspecified atom stereocenters. The highest BCUT2D eigenvalue weighted by Crippen LogP contribution is 2.11. The lowest BCUT2D eigenvalue weighted by Crippen LogP contribution is -2.56. The topological polar surface area (TPSA) is 137 Å². The van der Waals surface area contributed by atoms with Crippen LogP contribution >= 0.6 is 0 Å². The highest BCUT2D eigenvalue weighted by Gasteiger charge is 2.35. The minimum absolute atomic E-state index is 0.211. The standard InChI is InChI=1S/C11H16N4O6/c1-7-12-8(15(19)20)4-14(7)5-9(16)13-11(2,6-21-3)10(17)18/h4H,5-6H2,1-3H3,(H,13,16)(H,17,18). The van der Waals surface area contributed by atoms with E-state index in [1.54, 1.807) is 0 Å². The number of amides is 1. The Balaban J connectivity index is 2.81. The number of methoxy groups -OCH3 is 1. The fraction of sp³-hybridized carbons (Fsp3) is 0.545. The van der Waals surface area contributed by atoms with E-state index < -0.39 is 22.3 Å². The van der Waals surface area contributed by atoms with Gasteiger partial charge in [-0.3, -0.25) is 9.36 Å². The predicted molar refractivity (Wildman–Crippen MR) is 69.7 cm³/mol. The number of rotatable bonds is 7. The van der Waals surface area contributed by atoms with E-state index in [0.29, 0.717) is 0 Å². The number of nitro groups is 1. The second-order valence-corrected chi connectivity index (χ2v) is 4.65. The van der Waals surface area contributed by atoms with Crippen molar-refractivity contribution in [3.05, 3.63) is 22.1 Å². The lowest BCUT2D eigenvalue weighted by molar-refractivity contribution is -0.389. The first-order valence-electron chi connectivity index (χ1n) is 5.91. The Morgan fingerprint density at radius 2 is 2.24 bits per heavy atom. The van der Waals surface area contributed by atoms with Crippen LogP contribution in [0.15, 0.2) is 6.20 Å². The second-order valence-electron chi connectivity index (χ2n) is 4.65. The van der Waals surface area contributed by atoms with Crippen molar-refractivity contribution in [2.24, 2.45) is 0 Å². The third-order valence-electron chi connectivity index (χ3n) is 2.78. The van der Waals surface area contributed by atoms with Crippen molar-refractivity contribution in [3.63, 3.8) is 0 Å². The van der Waals surface area contributed by atoms with Crippen LogP contribution < -0.4 is 5.32 Å². The third kappa shape index (κ3) is 3.99. The van der Waals surface area contributed by atoms with Crippen molar-refractivity contribution in [2.75, 3.05) is 13.7 Å². The molecule has 1 aromatic rings. The molecule has 116 valence electrons. The van der Waals surface area contributed by atoms with Gasteiger partial charge in [-0.1, -0.05) is 0 Å². The molecule has 2 N–H and O–H groups in total. The number of aliphatic carboxylic acids is 1. The van der Waals surface area contributed by atoms with Gasteiger partial charge in [0.05, 0.1) is 6.61 Å². The fourth-order valence-corrected chi connectivity index (χ4v) is 1.68. The molecule has 0 saturated carbocycles. The summed E-state index contributed by atoms with van der Waals surface area (Å²) in [5, 5.41) is 22.0. The Morgan fingerprint density at radius 1 is 1.62 bits per heavy atom. The van der Waals surface area contributed by atoms with E-state index in [2.05, 4.69) is 10.3 Å². The normalized spacial score (nSPS) is 13.5. The molecule has 10 heteroatoms. The minimum Gasteiger partial charge on any atom is -0.479 e. The van der Waals surface area contributed by atoms with Gasteiger partial charge in [0, 0.05) is 14.0 Å². The van der Waals surface area contributed by atoms with Gasteiger partial charge in [-0.2, -0.15) is 0 Å². The molecule has 1 rings (SSSR count). The van der Waals surface area contributed by atoms with Crippen LogP contribution in [0.2, 0.25) is 0 Å². The summed E-state index contributed by atoms with van der Waals surface area (Å²) >= 11 is 0. The van der Waals surface area contributed by atoms with Crippen molar-refractivity contribution in [1.82, 2.24) is 14.9 Å². The van der Waals surface area contributed by atoms with Crippen LogP contribution in [0.3, 0.4) is 0 Å². The number of nitrogens with one attached hydrogen (secondary N) is 1. The van der Waals surface area contributed by atoms with Crippen LogP contribution in [0.25, 0.3) is 0 Å². The molecular weight excluding hydrogens is 284 g/mol. The average molecular weight is 300 g/mol. The number of carbonyl (C=O) groups is 2.